The molecule has 0 radical (unpaired) electrons. The third kappa shape index (κ3) is 2.36. The molecule has 1 fully saturated rings. The van der Waals surface area contributed by atoms with E-state index in [9.17, 15) is 0 Å². The standard InChI is InChI=1S/C17H15NO5/c1-3-13-15(21-9-19-13)7-11(1)5-6-18-17(23-18)12-2-4-14-16(8-12)22-10-20-14/h1-4,7-8,17H,5-6,9-10H2/t17-,18?/m0/s1. The van der Waals surface area contributed by atoms with Gasteiger partial charge < -0.3 is 18.9 Å². The zero-order valence-corrected chi connectivity index (χ0v) is 12.4. The molecule has 1 saturated heterocycles. The van der Waals surface area contributed by atoms with Crippen LogP contribution >= 0.6 is 0 Å². The first kappa shape index (κ1) is 13.0. The molecule has 2 aromatic rings. The highest BCUT2D eigenvalue weighted by atomic mass is 16.8. The molecule has 6 heteroatoms. The largest absolute Gasteiger partial charge is 0.454 e. The van der Waals surface area contributed by atoms with Crippen LogP contribution in [0.5, 0.6) is 23.0 Å². The van der Waals surface area contributed by atoms with Gasteiger partial charge in [-0.25, -0.2) is 0 Å². The third-order valence-corrected chi connectivity index (χ3v) is 4.19. The van der Waals surface area contributed by atoms with E-state index in [-0.39, 0.29) is 13.0 Å². The smallest absolute Gasteiger partial charge is 0.231 e. The van der Waals surface area contributed by atoms with Crippen molar-refractivity contribution in [2.45, 2.75) is 12.6 Å². The van der Waals surface area contributed by atoms with Crippen molar-refractivity contribution in [1.82, 2.24) is 5.06 Å². The summed E-state index contributed by atoms with van der Waals surface area (Å²) in [5, 5.41) is 1.96. The molecular formula is C17H15NO5. The predicted octanol–water partition coefficient (Wildman–Crippen LogP) is 2.63. The second-order valence-electron chi connectivity index (χ2n) is 5.65. The summed E-state index contributed by atoms with van der Waals surface area (Å²) in [6, 6.07) is 12.0. The lowest BCUT2D eigenvalue weighted by molar-refractivity contribution is 0.173. The van der Waals surface area contributed by atoms with Crippen molar-refractivity contribution in [2.24, 2.45) is 0 Å². The molecule has 2 atom stereocenters. The van der Waals surface area contributed by atoms with Crippen LogP contribution < -0.4 is 18.9 Å². The molecule has 5 rings (SSSR count). The lowest BCUT2D eigenvalue weighted by atomic mass is 10.1. The van der Waals surface area contributed by atoms with Crippen LogP contribution in [0.2, 0.25) is 0 Å². The SMILES string of the molecule is c1cc2c(cc1CCN1O[C@H]1c1ccc3c(c1)OCO3)OCO2. The average molecular weight is 313 g/mol. The van der Waals surface area contributed by atoms with E-state index in [1.54, 1.807) is 0 Å². The first-order valence-electron chi connectivity index (χ1n) is 7.58. The molecule has 3 aliphatic rings. The van der Waals surface area contributed by atoms with E-state index >= 15 is 0 Å². The molecule has 3 aliphatic heterocycles. The second kappa shape index (κ2) is 5.04. The highest BCUT2D eigenvalue weighted by Gasteiger charge is 2.38. The highest BCUT2D eigenvalue weighted by molar-refractivity contribution is 5.46. The zero-order chi connectivity index (χ0) is 15.2. The summed E-state index contributed by atoms with van der Waals surface area (Å²) in [4.78, 5) is 5.66. The van der Waals surface area contributed by atoms with Gasteiger partial charge in [-0.2, -0.15) is 5.06 Å². The number of fused-ring (bicyclic) bond motifs is 2. The molecule has 0 aliphatic carbocycles. The van der Waals surface area contributed by atoms with Gasteiger partial charge in [-0.1, -0.05) is 12.1 Å². The number of benzene rings is 2. The molecule has 0 saturated carbocycles. The summed E-state index contributed by atoms with van der Waals surface area (Å²) in [5.41, 5.74) is 2.29. The van der Waals surface area contributed by atoms with Crippen molar-refractivity contribution in [3.05, 3.63) is 47.5 Å². The first-order valence-corrected chi connectivity index (χ1v) is 7.58. The number of ether oxygens (including phenoxy) is 4. The van der Waals surface area contributed by atoms with E-state index in [0.717, 1.165) is 41.5 Å². The molecule has 1 unspecified atom stereocenters. The number of rotatable bonds is 4. The van der Waals surface area contributed by atoms with E-state index in [2.05, 4.69) is 6.07 Å². The monoisotopic (exact) mass is 313 g/mol. The minimum atomic E-state index is -0.00138. The normalized spacial score (nSPS) is 23.1. The van der Waals surface area contributed by atoms with Crippen LogP contribution in [0.25, 0.3) is 0 Å². The van der Waals surface area contributed by atoms with Crippen LogP contribution in [0.15, 0.2) is 36.4 Å². The number of nitrogens with zero attached hydrogens (tertiary/aromatic N) is 1. The van der Waals surface area contributed by atoms with Crippen LogP contribution in [0.4, 0.5) is 0 Å². The van der Waals surface area contributed by atoms with Gasteiger partial charge in [0.2, 0.25) is 13.6 Å². The molecular weight excluding hydrogens is 298 g/mol. The minimum absolute atomic E-state index is 0.00138. The van der Waals surface area contributed by atoms with Crippen molar-refractivity contribution in [3.63, 3.8) is 0 Å². The molecule has 118 valence electrons. The Morgan fingerprint density at radius 3 is 2.35 bits per heavy atom. The van der Waals surface area contributed by atoms with Gasteiger partial charge >= 0.3 is 0 Å². The van der Waals surface area contributed by atoms with Crippen LogP contribution in [0, 0.1) is 0 Å². The molecule has 0 amide bonds. The maximum absolute atomic E-state index is 5.66. The lowest BCUT2D eigenvalue weighted by Crippen LogP contribution is -2.04. The van der Waals surface area contributed by atoms with E-state index in [0.29, 0.717) is 6.79 Å². The molecule has 2 aromatic carbocycles. The molecule has 0 bridgehead atoms. The van der Waals surface area contributed by atoms with E-state index < -0.39 is 0 Å². The molecule has 0 N–H and O–H groups in total. The fraction of sp³-hybridized carbons (Fsp3) is 0.294. The van der Waals surface area contributed by atoms with Gasteiger partial charge in [0.05, 0.1) is 0 Å². The Balaban J connectivity index is 1.22. The molecule has 3 heterocycles. The summed E-state index contributed by atoms with van der Waals surface area (Å²) in [7, 11) is 0. The zero-order valence-electron chi connectivity index (χ0n) is 12.4. The van der Waals surface area contributed by atoms with Gasteiger partial charge in [0.25, 0.3) is 0 Å². The van der Waals surface area contributed by atoms with Crippen molar-refractivity contribution < 1.29 is 23.8 Å². The van der Waals surface area contributed by atoms with E-state index in [1.807, 2.05) is 35.4 Å². The predicted molar refractivity (Wildman–Crippen MR) is 79.4 cm³/mol. The van der Waals surface area contributed by atoms with Crippen LogP contribution in [-0.4, -0.2) is 25.2 Å². The van der Waals surface area contributed by atoms with Crippen molar-refractivity contribution in [2.75, 3.05) is 20.1 Å². The van der Waals surface area contributed by atoms with Crippen molar-refractivity contribution >= 4 is 0 Å². The van der Waals surface area contributed by atoms with Gasteiger partial charge in [-0.05, 0) is 36.2 Å². The van der Waals surface area contributed by atoms with E-state index in [1.165, 1.54) is 5.56 Å². The minimum Gasteiger partial charge on any atom is -0.454 e. The molecule has 0 spiro atoms. The van der Waals surface area contributed by atoms with Gasteiger partial charge in [0, 0.05) is 12.1 Å². The maximum Gasteiger partial charge on any atom is 0.231 e. The Bertz CT molecular complexity index is 763. The highest BCUT2D eigenvalue weighted by Crippen LogP contribution is 2.42. The maximum atomic E-state index is 5.66. The third-order valence-electron chi connectivity index (χ3n) is 4.19. The van der Waals surface area contributed by atoms with Crippen LogP contribution in [-0.2, 0) is 11.3 Å². The van der Waals surface area contributed by atoms with Gasteiger partial charge in [0.15, 0.2) is 29.2 Å². The summed E-state index contributed by atoms with van der Waals surface area (Å²) < 4.78 is 21.5. The van der Waals surface area contributed by atoms with Crippen LogP contribution in [0.3, 0.4) is 0 Å². The number of hydrogen-bond donors (Lipinski definition) is 0. The summed E-state index contributed by atoms with van der Waals surface area (Å²) in [5.74, 6) is 3.21. The lowest BCUT2D eigenvalue weighted by Gasteiger charge is -2.03. The Labute approximate surface area is 133 Å². The van der Waals surface area contributed by atoms with Crippen molar-refractivity contribution in [1.29, 1.82) is 0 Å². The average Bonchev–Trinajstić information content (AvgIpc) is 2.98. The first-order chi connectivity index (χ1) is 11.4. The summed E-state index contributed by atoms with van der Waals surface area (Å²) >= 11 is 0. The van der Waals surface area contributed by atoms with Gasteiger partial charge in [-0.3, -0.25) is 4.84 Å². The molecule has 6 nitrogen and oxygen atoms in total. The number of hydroxylamine groups is 2. The fourth-order valence-electron chi connectivity index (χ4n) is 2.90. The quantitative estimate of drug-likeness (QED) is 0.809. The Hall–Kier alpha value is -2.44. The van der Waals surface area contributed by atoms with Crippen LogP contribution in [0.1, 0.15) is 17.4 Å². The number of hydrogen-bond acceptors (Lipinski definition) is 6. The Kier molecular flexibility index (Phi) is 2.86. The van der Waals surface area contributed by atoms with Gasteiger partial charge in [-0.15, -0.1) is 0 Å². The topological polar surface area (TPSA) is 52.5 Å². The van der Waals surface area contributed by atoms with Crippen molar-refractivity contribution in [3.8, 4) is 23.0 Å². The Morgan fingerprint density at radius 1 is 0.826 bits per heavy atom. The Morgan fingerprint density at radius 2 is 1.52 bits per heavy atom. The molecule has 23 heavy (non-hydrogen) atoms. The second-order valence-corrected chi connectivity index (χ2v) is 5.65. The summed E-state index contributed by atoms with van der Waals surface area (Å²) in [6.45, 7) is 1.41. The molecule has 0 aromatic heterocycles. The van der Waals surface area contributed by atoms with Gasteiger partial charge in [0.1, 0.15) is 0 Å². The van der Waals surface area contributed by atoms with E-state index in [4.69, 9.17) is 23.8 Å². The summed E-state index contributed by atoms with van der Waals surface area (Å²) in [6.07, 6.45) is 0.885. The fourth-order valence-corrected chi connectivity index (χ4v) is 2.90.